The lowest BCUT2D eigenvalue weighted by Gasteiger charge is -2.16. The van der Waals surface area contributed by atoms with E-state index in [9.17, 15) is 18.0 Å². The quantitative estimate of drug-likeness (QED) is 0.742. The Morgan fingerprint density at radius 1 is 1.04 bits per heavy atom. The number of amides is 1. The zero-order valence-electron chi connectivity index (χ0n) is 12.5. The molecule has 2 rings (SSSR count). The fourth-order valence-corrected chi connectivity index (χ4v) is 2.55. The number of anilines is 1. The second-order valence-electron chi connectivity index (χ2n) is 5.07. The topological polar surface area (TPSA) is 41.1 Å². The van der Waals surface area contributed by atoms with E-state index in [1.807, 2.05) is 0 Å². The molecule has 0 aliphatic rings. The summed E-state index contributed by atoms with van der Waals surface area (Å²) in [6, 6.07) is 5.08. The first-order chi connectivity index (χ1) is 11.3. The minimum atomic E-state index is -1.06. The molecule has 128 valence electrons. The Hall–Kier alpha value is -1.76. The summed E-state index contributed by atoms with van der Waals surface area (Å²) in [6.45, 7) is 1.56. The van der Waals surface area contributed by atoms with Gasteiger partial charge in [-0.2, -0.15) is 0 Å². The molecule has 8 heteroatoms. The summed E-state index contributed by atoms with van der Waals surface area (Å²) in [5.41, 5.74) is 0.572. The van der Waals surface area contributed by atoms with Gasteiger partial charge >= 0.3 is 0 Å². The van der Waals surface area contributed by atoms with Gasteiger partial charge in [-0.05, 0) is 36.8 Å². The summed E-state index contributed by atoms with van der Waals surface area (Å²) < 4.78 is 39.4. The van der Waals surface area contributed by atoms with Crippen LogP contribution in [-0.4, -0.2) is 12.5 Å². The lowest BCUT2D eigenvalue weighted by molar-refractivity contribution is -0.115. The van der Waals surface area contributed by atoms with Gasteiger partial charge in [0, 0.05) is 22.8 Å². The van der Waals surface area contributed by atoms with Gasteiger partial charge < -0.3 is 10.6 Å². The summed E-state index contributed by atoms with van der Waals surface area (Å²) in [7, 11) is 0. The van der Waals surface area contributed by atoms with Crippen LogP contribution in [0.2, 0.25) is 10.0 Å². The number of carbonyl (C=O) groups excluding carboxylic acids is 1. The molecule has 0 bridgehead atoms. The van der Waals surface area contributed by atoms with E-state index in [1.54, 1.807) is 6.92 Å². The first-order valence-corrected chi connectivity index (χ1v) is 7.66. The molecule has 24 heavy (non-hydrogen) atoms. The fourth-order valence-electron chi connectivity index (χ4n) is 2.00. The molecule has 0 aromatic heterocycles. The van der Waals surface area contributed by atoms with E-state index in [1.165, 1.54) is 18.2 Å². The normalized spacial score (nSPS) is 12.1. The molecule has 2 aromatic carbocycles. The average Bonchev–Trinajstić information content (AvgIpc) is 2.52. The molecule has 1 atom stereocenters. The number of carbonyl (C=O) groups is 1. The van der Waals surface area contributed by atoms with Gasteiger partial charge in [0.15, 0.2) is 11.6 Å². The van der Waals surface area contributed by atoms with Crippen molar-refractivity contribution in [3.63, 3.8) is 0 Å². The lowest BCUT2D eigenvalue weighted by atomic mass is 10.1. The van der Waals surface area contributed by atoms with Gasteiger partial charge in [0.1, 0.15) is 5.82 Å². The van der Waals surface area contributed by atoms with Crippen LogP contribution in [0.5, 0.6) is 0 Å². The van der Waals surface area contributed by atoms with E-state index in [2.05, 4.69) is 10.6 Å². The minimum absolute atomic E-state index is 0.0907. The number of rotatable bonds is 5. The monoisotopic (exact) mass is 376 g/mol. The van der Waals surface area contributed by atoms with Gasteiger partial charge in [-0.1, -0.05) is 23.2 Å². The van der Waals surface area contributed by atoms with E-state index in [0.717, 1.165) is 12.1 Å². The number of hydrogen-bond donors (Lipinski definition) is 2. The van der Waals surface area contributed by atoms with Crippen molar-refractivity contribution in [2.75, 3.05) is 11.9 Å². The highest BCUT2D eigenvalue weighted by Crippen LogP contribution is 2.28. The van der Waals surface area contributed by atoms with E-state index >= 15 is 0 Å². The van der Waals surface area contributed by atoms with Crippen molar-refractivity contribution < 1.29 is 18.0 Å². The molecule has 2 N–H and O–H groups in total. The third-order valence-corrected chi connectivity index (χ3v) is 3.90. The van der Waals surface area contributed by atoms with E-state index in [-0.39, 0.29) is 22.3 Å². The number of nitrogens with one attached hydrogen (secondary N) is 2. The van der Waals surface area contributed by atoms with Crippen LogP contribution in [0.25, 0.3) is 0 Å². The van der Waals surface area contributed by atoms with E-state index in [4.69, 9.17) is 23.2 Å². The van der Waals surface area contributed by atoms with Crippen LogP contribution in [0.15, 0.2) is 30.3 Å². The maximum atomic E-state index is 13.5. The molecule has 0 spiro atoms. The second kappa shape index (κ2) is 7.88. The van der Waals surface area contributed by atoms with Gasteiger partial charge in [0.05, 0.1) is 11.6 Å². The van der Waals surface area contributed by atoms with Gasteiger partial charge in [0.2, 0.25) is 5.91 Å². The van der Waals surface area contributed by atoms with Gasteiger partial charge in [0.25, 0.3) is 0 Å². The summed E-state index contributed by atoms with van der Waals surface area (Å²) >= 11 is 11.6. The summed E-state index contributed by atoms with van der Waals surface area (Å²) in [5.74, 6) is -3.15. The molecule has 1 amide bonds. The SMILES string of the molecule is C[C@@H](NCC(=O)Nc1ccc(F)c(F)c1)c1cc(F)c(Cl)cc1Cl. The standard InChI is InChI=1S/C16H13Cl2F3N2O/c1-8(10-5-14(20)12(18)6-11(10)17)22-7-16(24)23-9-2-3-13(19)15(21)4-9/h2-6,8,22H,7H2,1H3,(H,23,24)/t8-/m1/s1. The lowest BCUT2D eigenvalue weighted by Crippen LogP contribution is -2.30. The molecule has 0 saturated carbocycles. The van der Waals surface area contributed by atoms with Crippen LogP contribution < -0.4 is 10.6 Å². The van der Waals surface area contributed by atoms with Crippen LogP contribution >= 0.6 is 23.2 Å². The maximum absolute atomic E-state index is 13.5. The molecule has 0 unspecified atom stereocenters. The van der Waals surface area contributed by atoms with Crippen molar-refractivity contribution in [2.45, 2.75) is 13.0 Å². The van der Waals surface area contributed by atoms with Crippen LogP contribution in [0, 0.1) is 17.5 Å². The highest BCUT2D eigenvalue weighted by Gasteiger charge is 2.14. The summed E-state index contributed by atoms with van der Waals surface area (Å²) in [4.78, 5) is 11.8. The fraction of sp³-hybridized carbons (Fsp3) is 0.188. The number of benzene rings is 2. The van der Waals surface area contributed by atoms with E-state index in [0.29, 0.717) is 5.56 Å². The molecular weight excluding hydrogens is 364 g/mol. The molecule has 0 aliphatic carbocycles. The van der Waals surface area contributed by atoms with Crippen molar-refractivity contribution in [2.24, 2.45) is 0 Å². The highest BCUT2D eigenvalue weighted by atomic mass is 35.5. The first kappa shape index (κ1) is 18.6. The maximum Gasteiger partial charge on any atom is 0.238 e. The zero-order valence-corrected chi connectivity index (χ0v) is 14.0. The van der Waals surface area contributed by atoms with Gasteiger partial charge in [-0.15, -0.1) is 0 Å². The molecular formula is C16H13Cl2F3N2O. The van der Waals surface area contributed by atoms with Crippen molar-refractivity contribution in [1.82, 2.24) is 5.32 Å². The molecule has 0 aliphatic heterocycles. The molecule has 3 nitrogen and oxygen atoms in total. The Balaban J connectivity index is 1.96. The van der Waals surface area contributed by atoms with Crippen LogP contribution in [0.1, 0.15) is 18.5 Å². The minimum Gasteiger partial charge on any atom is -0.325 e. The van der Waals surface area contributed by atoms with Gasteiger partial charge in [-0.3, -0.25) is 4.79 Å². The van der Waals surface area contributed by atoms with E-state index < -0.39 is 29.4 Å². The van der Waals surface area contributed by atoms with Crippen molar-refractivity contribution in [3.05, 3.63) is 63.4 Å². The Kier molecular flexibility index (Phi) is 6.10. The second-order valence-corrected chi connectivity index (χ2v) is 5.88. The molecule has 2 aromatic rings. The Labute approximate surface area is 146 Å². The van der Waals surface area contributed by atoms with Gasteiger partial charge in [-0.25, -0.2) is 13.2 Å². The summed E-state index contributed by atoms with van der Waals surface area (Å²) in [6.07, 6.45) is 0. The van der Waals surface area contributed by atoms with Crippen molar-refractivity contribution >= 4 is 34.8 Å². The smallest absolute Gasteiger partial charge is 0.238 e. The van der Waals surface area contributed by atoms with Crippen molar-refractivity contribution in [3.8, 4) is 0 Å². The van der Waals surface area contributed by atoms with Crippen LogP contribution in [0.3, 0.4) is 0 Å². The number of hydrogen-bond acceptors (Lipinski definition) is 2. The van der Waals surface area contributed by atoms with Crippen LogP contribution in [0.4, 0.5) is 18.9 Å². The zero-order chi connectivity index (χ0) is 17.9. The largest absolute Gasteiger partial charge is 0.325 e. The highest BCUT2D eigenvalue weighted by molar-refractivity contribution is 6.35. The molecule has 0 radical (unpaired) electrons. The predicted molar refractivity (Wildman–Crippen MR) is 87.8 cm³/mol. The predicted octanol–water partition coefficient (Wildman–Crippen LogP) is 4.70. The Bertz CT molecular complexity index is 771. The summed E-state index contributed by atoms with van der Waals surface area (Å²) in [5, 5.41) is 5.45. The molecule has 0 fully saturated rings. The third kappa shape index (κ3) is 4.63. The average molecular weight is 377 g/mol. The first-order valence-electron chi connectivity index (χ1n) is 6.90. The van der Waals surface area contributed by atoms with Crippen molar-refractivity contribution in [1.29, 1.82) is 0 Å². The number of halogens is 5. The van der Waals surface area contributed by atoms with Crippen LogP contribution in [-0.2, 0) is 4.79 Å². The third-order valence-electron chi connectivity index (χ3n) is 3.28. The molecule has 0 heterocycles. The molecule has 0 saturated heterocycles. The Morgan fingerprint density at radius 3 is 2.42 bits per heavy atom. The Morgan fingerprint density at radius 2 is 1.75 bits per heavy atom.